The van der Waals surface area contributed by atoms with Crippen LogP contribution in [0.2, 0.25) is 0 Å². The molecule has 0 bridgehead atoms. The van der Waals surface area contributed by atoms with Gasteiger partial charge in [0.25, 0.3) is 0 Å². The standard InChI is InChI=1S/C15H21BrFNO/c1-2-18-14(10-11-6-3-4-9-19-11)12-7-5-8-13(16)15(12)17/h5,7-8,11,14,18H,2-4,6,9-10H2,1H3. The van der Waals surface area contributed by atoms with Crippen molar-refractivity contribution < 1.29 is 9.13 Å². The lowest BCUT2D eigenvalue weighted by atomic mass is 9.96. The van der Waals surface area contributed by atoms with Crippen LogP contribution in [-0.4, -0.2) is 19.3 Å². The Bertz CT molecular complexity index is 407. The van der Waals surface area contributed by atoms with Crippen LogP contribution in [0.1, 0.15) is 44.2 Å². The number of rotatable bonds is 5. The predicted octanol–water partition coefficient (Wildman–Crippen LogP) is 4.20. The SMILES string of the molecule is CCNC(CC1CCCCO1)c1cccc(Br)c1F. The predicted molar refractivity (Wildman–Crippen MR) is 78.7 cm³/mol. The number of hydrogen-bond donors (Lipinski definition) is 1. The minimum absolute atomic E-state index is 0.0191. The van der Waals surface area contributed by atoms with Crippen LogP contribution in [0.5, 0.6) is 0 Å². The maximum absolute atomic E-state index is 14.2. The largest absolute Gasteiger partial charge is 0.378 e. The van der Waals surface area contributed by atoms with Crippen LogP contribution in [0.25, 0.3) is 0 Å². The molecule has 1 aliphatic rings. The molecule has 1 saturated heterocycles. The highest BCUT2D eigenvalue weighted by Gasteiger charge is 2.22. The van der Waals surface area contributed by atoms with E-state index < -0.39 is 0 Å². The van der Waals surface area contributed by atoms with Gasteiger partial charge in [0.05, 0.1) is 10.6 Å². The van der Waals surface area contributed by atoms with Gasteiger partial charge in [-0.15, -0.1) is 0 Å². The van der Waals surface area contributed by atoms with E-state index in [1.807, 2.05) is 19.1 Å². The summed E-state index contributed by atoms with van der Waals surface area (Å²) in [5, 5.41) is 3.37. The van der Waals surface area contributed by atoms with Crippen LogP contribution < -0.4 is 5.32 Å². The number of halogens is 2. The van der Waals surface area contributed by atoms with Gasteiger partial charge >= 0.3 is 0 Å². The number of hydrogen-bond acceptors (Lipinski definition) is 2. The summed E-state index contributed by atoms with van der Waals surface area (Å²) >= 11 is 3.26. The first kappa shape index (κ1) is 14.9. The summed E-state index contributed by atoms with van der Waals surface area (Å²) < 4.78 is 20.5. The molecule has 0 saturated carbocycles. The summed E-state index contributed by atoms with van der Waals surface area (Å²) in [6, 6.07) is 5.50. The minimum atomic E-state index is -0.163. The molecule has 0 radical (unpaired) electrons. The fourth-order valence-corrected chi connectivity index (χ4v) is 2.99. The quantitative estimate of drug-likeness (QED) is 0.874. The van der Waals surface area contributed by atoms with E-state index >= 15 is 0 Å². The molecular formula is C15H21BrFNO. The van der Waals surface area contributed by atoms with Crippen LogP contribution in [0.3, 0.4) is 0 Å². The Morgan fingerprint density at radius 2 is 2.32 bits per heavy atom. The van der Waals surface area contributed by atoms with Crippen molar-refractivity contribution in [3.8, 4) is 0 Å². The molecule has 0 amide bonds. The van der Waals surface area contributed by atoms with Crippen LogP contribution in [-0.2, 0) is 4.74 Å². The maximum Gasteiger partial charge on any atom is 0.142 e. The highest BCUT2D eigenvalue weighted by atomic mass is 79.9. The van der Waals surface area contributed by atoms with Gasteiger partial charge in [-0.05, 0) is 54.2 Å². The van der Waals surface area contributed by atoms with Crippen molar-refractivity contribution >= 4 is 15.9 Å². The molecule has 0 aromatic heterocycles. The molecule has 2 unspecified atom stereocenters. The zero-order valence-electron chi connectivity index (χ0n) is 11.3. The minimum Gasteiger partial charge on any atom is -0.378 e. The first-order chi connectivity index (χ1) is 9.22. The maximum atomic E-state index is 14.2. The topological polar surface area (TPSA) is 21.3 Å². The van der Waals surface area contributed by atoms with Gasteiger partial charge in [-0.3, -0.25) is 0 Å². The van der Waals surface area contributed by atoms with Crippen molar-refractivity contribution in [2.75, 3.05) is 13.2 Å². The Morgan fingerprint density at radius 3 is 3.00 bits per heavy atom. The molecule has 2 nitrogen and oxygen atoms in total. The Balaban J connectivity index is 2.11. The molecular weight excluding hydrogens is 309 g/mol. The van der Waals surface area contributed by atoms with Gasteiger partial charge in [0.2, 0.25) is 0 Å². The van der Waals surface area contributed by atoms with Crippen molar-refractivity contribution in [1.29, 1.82) is 0 Å². The van der Waals surface area contributed by atoms with Crippen LogP contribution in [0.15, 0.2) is 22.7 Å². The van der Waals surface area contributed by atoms with Crippen molar-refractivity contribution in [1.82, 2.24) is 5.32 Å². The molecule has 106 valence electrons. The summed E-state index contributed by atoms with van der Waals surface area (Å²) in [6.45, 7) is 3.71. The van der Waals surface area contributed by atoms with Gasteiger partial charge in [0.15, 0.2) is 0 Å². The molecule has 2 atom stereocenters. The highest BCUT2D eigenvalue weighted by Crippen LogP contribution is 2.29. The van der Waals surface area contributed by atoms with Crippen molar-refractivity contribution in [2.45, 2.75) is 44.8 Å². The Kier molecular flexibility index (Phi) is 5.79. The fourth-order valence-electron chi connectivity index (χ4n) is 2.61. The third-order valence-electron chi connectivity index (χ3n) is 3.58. The van der Waals surface area contributed by atoms with E-state index in [1.165, 1.54) is 6.42 Å². The van der Waals surface area contributed by atoms with Gasteiger partial charge in [-0.25, -0.2) is 4.39 Å². The molecule has 1 aliphatic heterocycles. The van der Waals surface area contributed by atoms with Crippen molar-refractivity contribution in [3.05, 3.63) is 34.1 Å². The normalized spacial score (nSPS) is 21.3. The summed E-state index contributed by atoms with van der Waals surface area (Å²) in [4.78, 5) is 0. The molecule has 0 aliphatic carbocycles. The number of benzene rings is 1. The highest BCUT2D eigenvalue weighted by molar-refractivity contribution is 9.10. The van der Waals surface area contributed by atoms with Gasteiger partial charge in [-0.2, -0.15) is 0 Å². The van der Waals surface area contributed by atoms with Gasteiger partial charge < -0.3 is 10.1 Å². The zero-order valence-corrected chi connectivity index (χ0v) is 12.9. The summed E-state index contributed by atoms with van der Waals surface area (Å²) in [7, 11) is 0. The fraction of sp³-hybridized carbons (Fsp3) is 0.600. The molecule has 1 aromatic carbocycles. The Labute approximate surface area is 122 Å². The van der Waals surface area contributed by atoms with Crippen LogP contribution >= 0.6 is 15.9 Å². The third-order valence-corrected chi connectivity index (χ3v) is 4.19. The molecule has 1 heterocycles. The summed E-state index contributed by atoms with van der Waals surface area (Å²) in [5.74, 6) is -0.163. The second-order valence-corrected chi connectivity index (χ2v) is 5.83. The average Bonchev–Trinajstić information content (AvgIpc) is 2.43. The molecule has 0 spiro atoms. The lowest BCUT2D eigenvalue weighted by Gasteiger charge is -2.28. The first-order valence-corrected chi connectivity index (χ1v) is 7.80. The third kappa shape index (κ3) is 4.01. The van der Waals surface area contributed by atoms with Crippen molar-refractivity contribution in [3.63, 3.8) is 0 Å². The summed E-state index contributed by atoms with van der Waals surface area (Å²) in [6.07, 6.45) is 4.52. The van der Waals surface area contributed by atoms with Gasteiger partial charge in [0.1, 0.15) is 5.82 Å². The molecule has 1 N–H and O–H groups in total. The Hall–Kier alpha value is -0.450. The van der Waals surface area contributed by atoms with E-state index in [1.54, 1.807) is 6.07 Å². The molecule has 4 heteroatoms. The van der Waals surface area contributed by atoms with E-state index in [2.05, 4.69) is 21.2 Å². The number of ether oxygens (including phenoxy) is 1. The van der Waals surface area contributed by atoms with E-state index in [-0.39, 0.29) is 18.0 Å². The molecule has 2 rings (SSSR count). The average molecular weight is 330 g/mol. The van der Waals surface area contributed by atoms with E-state index in [4.69, 9.17) is 4.74 Å². The van der Waals surface area contributed by atoms with Crippen LogP contribution in [0.4, 0.5) is 4.39 Å². The number of nitrogens with one attached hydrogen (secondary N) is 1. The monoisotopic (exact) mass is 329 g/mol. The van der Waals surface area contributed by atoms with E-state index in [0.717, 1.165) is 38.0 Å². The molecule has 19 heavy (non-hydrogen) atoms. The summed E-state index contributed by atoms with van der Waals surface area (Å²) in [5.41, 5.74) is 0.727. The van der Waals surface area contributed by atoms with Crippen LogP contribution in [0, 0.1) is 5.82 Å². The van der Waals surface area contributed by atoms with E-state index in [9.17, 15) is 4.39 Å². The lowest BCUT2D eigenvalue weighted by molar-refractivity contribution is 0.00494. The second-order valence-electron chi connectivity index (χ2n) is 4.98. The van der Waals surface area contributed by atoms with E-state index in [0.29, 0.717) is 4.47 Å². The zero-order chi connectivity index (χ0) is 13.7. The van der Waals surface area contributed by atoms with Gasteiger partial charge in [0, 0.05) is 18.2 Å². The first-order valence-electron chi connectivity index (χ1n) is 7.01. The Morgan fingerprint density at radius 1 is 1.47 bits per heavy atom. The smallest absolute Gasteiger partial charge is 0.142 e. The van der Waals surface area contributed by atoms with Crippen molar-refractivity contribution in [2.24, 2.45) is 0 Å². The lowest BCUT2D eigenvalue weighted by Crippen LogP contribution is -2.29. The molecule has 1 aromatic rings. The van der Waals surface area contributed by atoms with Gasteiger partial charge in [-0.1, -0.05) is 19.1 Å². The second kappa shape index (κ2) is 7.36. The molecule has 1 fully saturated rings.